The number of nitrogens with zero attached hydrogens (tertiary/aromatic N) is 1. The predicted molar refractivity (Wildman–Crippen MR) is 70.6 cm³/mol. The number of carbonyl (C=O) groups is 1. The average molecular weight is 304 g/mol. The monoisotopic (exact) mass is 303 g/mol. The van der Waals surface area contributed by atoms with Gasteiger partial charge in [-0.3, -0.25) is 4.79 Å². The molecule has 1 saturated heterocycles. The van der Waals surface area contributed by atoms with Gasteiger partial charge in [-0.15, -0.1) is 0 Å². The van der Waals surface area contributed by atoms with Crippen LogP contribution in [0.25, 0.3) is 0 Å². The first-order chi connectivity index (χ1) is 8.93. The third kappa shape index (κ3) is 2.91. The van der Waals surface area contributed by atoms with Crippen molar-refractivity contribution in [3.8, 4) is 0 Å². The van der Waals surface area contributed by atoms with Gasteiger partial charge in [0.2, 0.25) is 10.0 Å². The van der Waals surface area contributed by atoms with Gasteiger partial charge in [-0.25, -0.2) is 8.42 Å². The molecule has 0 radical (unpaired) electrons. The summed E-state index contributed by atoms with van der Waals surface area (Å²) in [6.07, 6.45) is 1.73. The first-order valence-electron chi connectivity index (χ1n) is 5.93. The second kappa shape index (κ2) is 5.48. The first kappa shape index (κ1) is 14.3. The molecular weight excluding hydrogens is 290 g/mol. The van der Waals surface area contributed by atoms with Gasteiger partial charge in [-0.2, -0.15) is 4.31 Å². The van der Waals surface area contributed by atoms with Gasteiger partial charge < -0.3 is 5.11 Å². The molecule has 0 amide bonds. The molecule has 0 bridgehead atoms. The van der Waals surface area contributed by atoms with Crippen molar-refractivity contribution in [1.82, 2.24) is 4.31 Å². The Morgan fingerprint density at radius 3 is 2.74 bits per heavy atom. The molecule has 2 rings (SSSR count). The maximum absolute atomic E-state index is 12.5. The summed E-state index contributed by atoms with van der Waals surface area (Å²) in [5.41, 5.74) is 0. The van der Waals surface area contributed by atoms with E-state index in [4.69, 9.17) is 16.7 Å². The lowest BCUT2D eigenvalue weighted by atomic mass is 10.1. The van der Waals surface area contributed by atoms with Crippen LogP contribution in [0.2, 0.25) is 5.02 Å². The summed E-state index contributed by atoms with van der Waals surface area (Å²) in [4.78, 5) is 11.2. The van der Waals surface area contributed by atoms with Gasteiger partial charge in [0.1, 0.15) is 6.04 Å². The van der Waals surface area contributed by atoms with E-state index in [-0.39, 0.29) is 11.4 Å². The maximum atomic E-state index is 12.5. The quantitative estimate of drug-likeness (QED) is 0.926. The summed E-state index contributed by atoms with van der Waals surface area (Å²) < 4.78 is 26.0. The lowest BCUT2D eigenvalue weighted by molar-refractivity contribution is -0.142. The van der Waals surface area contributed by atoms with Gasteiger partial charge in [0.25, 0.3) is 0 Å². The fraction of sp³-hybridized carbons (Fsp3) is 0.417. The molecule has 0 unspecified atom stereocenters. The average Bonchev–Trinajstić information content (AvgIpc) is 2.38. The molecule has 1 heterocycles. The Morgan fingerprint density at radius 1 is 1.37 bits per heavy atom. The van der Waals surface area contributed by atoms with Crippen LogP contribution in [0, 0.1) is 0 Å². The number of benzene rings is 1. The summed E-state index contributed by atoms with van der Waals surface area (Å²) in [5.74, 6) is -1.11. The van der Waals surface area contributed by atoms with Crippen molar-refractivity contribution in [2.45, 2.75) is 30.2 Å². The van der Waals surface area contributed by atoms with Crippen molar-refractivity contribution >= 4 is 27.6 Å². The highest BCUT2D eigenvalue weighted by molar-refractivity contribution is 7.89. The molecule has 1 atom stereocenters. The minimum absolute atomic E-state index is 0.0353. The highest BCUT2D eigenvalue weighted by Crippen LogP contribution is 2.26. The molecule has 19 heavy (non-hydrogen) atoms. The van der Waals surface area contributed by atoms with Crippen LogP contribution in [0.15, 0.2) is 29.2 Å². The zero-order valence-corrected chi connectivity index (χ0v) is 11.7. The third-order valence-electron chi connectivity index (χ3n) is 3.14. The number of aliphatic carboxylic acids is 1. The molecule has 1 aromatic carbocycles. The Labute approximate surface area is 116 Å². The number of halogens is 1. The smallest absolute Gasteiger partial charge is 0.322 e. The molecule has 1 N–H and O–H groups in total. The standard InChI is InChI=1S/C12H14ClNO4S/c13-9-4-3-5-10(8-9)19(17,18)14-7-2-1-6-11(14)12(15)16/h3-5,8,11H,1-2,6-7H2,(H,15,16)/t11-/m0/s1. The van der Waals surface area contributed by atoms with Crippen molar-refractivity contribution in [1.29, 1.82) is 0 Å². The Hall–Kier alpha value is -1.11. The normalized spacial score (nSPS) is 21.2. The van der Waals surface area contributed by atoms with Crippen molar-refractivity contribution in [2.75, 3.05) is 6.54 Å². The topological polar surface area (TPSA) is 74.7 Å². The van der Waals surface area contributed by atoms with Gasteiger partial charge in [-0.05, 0) is 37.5 Å². The van der Waals surface area contributed by atoms with Crippen LogP contribution >= 0.6 is 11.6 Å². The van der Waals surface area contributed by atoms with E-state index in [1.165, 1.54) is 18.2 Å². The van der Waals surface area contributed by atoms with Crippen LogP contribution in [0.5, 0.6) is 0 Å². The summed E-state index contributed by atoms with van der Waals surface area (Å²) >= 11 is 5.79. The van der Waals surface area contributed by atoms with Gasteiger partial charge in [-0.1, -0.05) is 17.7 Å². The number of carboxylic acids is 1. The molecule has 7 heteroatoms. The number of rotatable bonds is 3. The lowest BCUT2D eigenvalue weighted by Gasteiger charge is -2.31. The Bertz CT molecular complexity index is 587. The van der Waals surface area contributed by atoms with Gasteiger partial charge >= 0.3 is 5.97 Å². The zero-order chi connectivity index (χ0) is 14.0. The van der Waals surface area contributed by atoms with Crippen LogP contribution in [-0.4, -0.2) is 36.4 Å². The van der Waals surface area contributed by atoms with E-state index in [0.717, 1.165) is 10.7 Å². The largest absolute Gasteiger partial charge is 0.480 e. The molecule has 1 aliphatic rings. The highest BCUT2D eigenvalue weighted by Gasteiger charge is 2.37. The van der Waals surface area contributed by atoms with Crippen LogP contribution in [0.3, 0.4) is 0 Å². The zero-order valence-electron chi connectivity index (χ0n) is 10.1. The first-order valence-corrected chi connectivity index (χ1v) is 7.75. The molecule has 0 saturated carbocycles. The molecule has 0 aliphatic carbocycles. The molecule has 104 valence electrons. The molecule has 1 fully saturated rings. The maximum Gasteiger partial charge on any atom is 0.322 e. The summed E-state index contributed by atoms with van der Waals surface area (Å²) in [7, 11) is -3.81. The van der Waals surface area contributed by atoms with E-state index in [1.54, 1.807) is 6.07 Å². The minimum Gasteiger partial charge on any atom is -0.480 e. The van der Waals surface area contributed by atoms with E-state index in [1.807, 2.05) is 0 Å². The van der Waals surface area contributed by atoms with Crippen molar-refractivity contribution < 1.29 is 18.3 Å². The Balaban J connectivity index is 2.40. The molecule has 1 aromatic rings. The van der Waals surface area contributed by atoms with Crippen LogP contribution < -0.4 is 0 Å². The Morgan fingerprint density at radius 2 is 2.11 bits per heavy atom. The van der Waals surface area contributed by atoms with E-state index < -0.39 is 22.0 Å². The number of piperidine rings is 1. The van der Waals surface area contributed by atoms with E-state index in [2.05, 4.69) is 0 Å². The van der Waals surface area contributed by atoms with Crippen molar-refractivity contribution in [3.63, 3.8) is 0 Å². The molecule has 0 spiro atoms. The number of hydrogen-bond acceptors (Lipinski definition) is 3. The van der Waals surface area contributed by atoms with Crippen molar-refractivity contribution in [3.05, 3.63) is 29.3 Å². The lowest BCUT2D eigenvalue weighted by Crippen LogP contribution is -2.47. The van der Waals surface area contributed by atoms with Crippen molar-refractivity contribution in [2.24, 2.45) is 0 Å². The molecule has 0 aromatic heterocycles. The Kier molecular flexibility index (Phi) is 4.13. The van der Waals surface area contributed by atoms with Gasteiger partial charge in [0.15, 0.2) is 0 Å². The second-order valence-corrected chi connectivity index (χ2v) is 6.75. The second-order valence-electron chi connectivity index (χ2n) is 4.42. The fourth-order valence-corrected chi connectivity index (χ4v) is 4.15. The number of sulfonamides is 1. The number of hydrogen-bond donors (Lipinski definition) is 1. The van der Waals surface area contributed by atoms with E-state index in [0.29, 0.717) is 17.9 Å². The van der Waals surface area contributed by atoms with Gasteiger partial charge in [0, 0.05) is 11.6 Å². The van der Waals surface area contributed by atoms with E-state index in [9.17, 15) is 13.2 Å². The SMILES string of the molecule is O=C(O)[C@@H]1CCCCN1S(=O)(=O)c1cccc(Cl)c1. The third-order valence-corrected chi connectivity index (χ3v) is 5.28. The highest BCUT2D eigenvalue weighted by atomic mass is 35.5. The summed E-state index contributed by atoms with van der Waals surface area (Å²) in [6, 6.07) is 4.89. The van der Waals surface area contributed by atoms with E-state index >= 15 is 0 Å². The fourth-order valence-electron chi connectivity index (χ4n) is 2.20. The van der Waals surface area contributed by atoms with Crippen LogP contribution in [0.1, 0.15) is 19.3 Å². The molecule has 1 aliphatic heterocycles. The molecule has 5 nitrogen and oxygen atoms in total. The molecular formula is C12H14ClNO4S. The predicted octanol–water partition coefficient (Wildman–Crippen LogP) is 1.97. The summed E-state index contributed by atoms with van der Waals surface area (Å²) in [6.45, 7) is 0.228. The minimum atomic E-state index is -3.81. The number of carboxylic acid groups (broad SMARTS) is 1. The summed E-state index contributed by atoms with van der Waals surface area (Å²) in [5, 5.41) is 9.45. The van der Waals surface area contributed by atoms with Crippen LogP contribution in [-0.2, 0) is 14.8 Å². The van der Waals surface area contributed by atoms with Crippen LogP contribution in [0.4, 0.5) is 0 Å². The van der Waals surface area contributed by atoms with Gasteiger partial charge in [0.05, 0.1) is 4.90 Å².